The van der Waals surface area contributed by atoms with Crippen molar-refractivity contribution in [3.63, 3.8) is 0 Å². The zero-order chi connectivity index (χ0) is 27.7. The fourth-order valence-corrected chi connectivity index (χ4v) is 4.94. The molecule has 5 aromatic carbocycles. The Balaban J connectivity index is 0.00000337. The molecule has 0 aliphatic carbocycles. The predicted molar refractivity (Wildman–Crippen MR) is 163 cm³/mol. The van der Waals surface area contributed by atoms with Crippen LogP contribution >= 0.6 is 0 Å². The van der Waals surface area contributed by atoms with Crippen molar-refractivity contribution in [3.05, 3.63) is 139 Å². The van der Waals surface area contributed by atoms with Gasteiger partial charge in [-0.1, -0.05) is 69.3 Å². The van der Waals surface area contributed by atoms with Gasteiger partial charge >= 0.3 is 0 Å². The summed E-state index contributed by atoms with van der Waals surface area (Å²) in [5.74, 6) is 0.851. The van der Waals surface area contributed by atoms with E-state index < -0.39 is 0 Å². The molecule has 4 heteroatoms. The van der Waals surface area contributed by atoms with E-state index in [1.807, 2.05) is 72.9 Å². The molecule has 3 nitrogen and oxygen atoms in total. The zero-order valence-corrected chi connectivity index (χ0v) is 25.4. The minimum absolute atomic E-state index is 0. The first-order chi connectivity index (χ1) is 19.4. The second-order valence-corrected chi connectivity index (χ2v) is 10.9. The fourth-order valence-electron chi connectivity index (χ4n) is 4.94. The summed E-state index contributed by atoms with van der Waals surface area (Å²) in [6.07, 6.45) is 2.05. The van der Waals surface area contributed by atoms with Crippen molar-refractivity contribution in [2.24, 2.45) is 0 Å². The predicted octanol–water partition coefficient (Wildman–Crippen LogP) is 9.14. The first kappa shape index (κ1) is 28.4. The third-order valence-corrected chi connectivity index (χ3v) is 7.13. The number of phenolic OH excluding ortho intramolecular Hbond substituents is 1. The molecule has 0 bridgehead atoms. The number of hydrogen-bond donors (Lipinski definition) is 1. The van der Waals surface area contributed by atoms with Gasteiger partial charge in [0, 0.05) is 39.8 Å². The van der Waals surface area contributed by atoms with Gasteiger partial charge in [-0.3, -0.25) is 4.98 Å². The molecule has 0 atom stereocenters. The van der Waals surface area contributed by atoms with E-state index in [0.717, 1.165) is 39.2 Å². The van der Waals surface area contributed by atoms with Crippen molar-refractivity contribution in [2.75, 3.05) is 0 Å². The van der Waals surface area contributed by atoms with Crippen LogP contribution in [0.4, 0.5) is 0 Å². The quantitative estimate of drug-likeness (QED) is 0.143. The number of imidazole rings is 1. The number of nitrogens with zero attached hydrogens (tertiary/aromatic N) is 2. The number of rotatable bonds is 5. The van der Waals surface area contributed by atoms with Gasteiger partial charge in [0.1, 0.15) is 11.6 Å². The maximum absolute atomic E-state index is 10.9. The Labute approximate surface area is 257 Å². The molecule has 0 aliphatic rings. The zero-order valence-electron chi connectivity index (χ0n) is 23.2. The molecule has 0 saturated carbocycles. The van der Waals surface area contributed by atoms with Crippen LogP contribution in [0.5, 0.6) is 5.75 Å². The van der Waals surface area contributed by atoms with Gasteiger partial charge in [0.15, 0.2) is 0 Å². The number of aromatic hydroxyl groups is 1. The molecular weight excluding hydrogens is 685 g/mol. The molecular formula is C37H30AuN2O-2. The van der Waals surface area contributed by atoms with E-state index in [1.165, 1.54) is 5.56 Å². The molecule has 1 N–H and O–H groups in total. The van der Waals surface area contributed by atoms with Gasteiger partial charge in [0.05, 0.1) is 11.3 Å². The molecule has 0 fully saturated rings. The molecule has 6 aromatic rings. The van der Waals surface area contributed by atoms with Crippen LogP contribution in [0.1, 0.15) is 26.3 Å². The molecule has 6 rings (SSSR count). The van der Waals surface area contributed by atoms with E-state index in [1.54, 1.807) is 6.07 Å². The SMILES string of the molecule is CC(C)(C)c1ccc(-n2cc(-c3[c-]c(-c4[c-]cccc4)ccc3)nc2-c2ccccc2O)c(-c2ccccc2)c1.[Au]. The van der Waals surface area contributed by atoms with Gasteiger partial charge in [-0.2, -0.15) is 42.0 Å². The van der Waals surface area contributed by atoms with Crippen LogP contribution in [-0.2, 0) is 27.8 Å². The Hall–Kier alpha value is -4.15. The van der Waals surface area contributed by atoms with Gasteiger partial charge in [0.2, 0.25) is 0 Å². The second kappa shape index (κ2) is 11.8. The Bertz CT molecular complexity index is 1780. The summed E-state index contributed by atoms with van der Waals surface area (Å²) < 4.78 is 2.09. The van der Waals surface area contributed by atoms with Crippen molar-refractivity contribution in [2.45, 2.75) is 26.2 Å². The van der Waals surface area contributed by atoms with Crippen molar-refractivity contribution < 1.29 is 27.5 Å². The van der Waals surface area contributed by atoms with Crippen LogP contribution in [0.25, 0.3) is 50.6 Å². The molecule has 0 unspecified atom stereocenters. The molecule has 1 heterocycles. The van der Waals surface area contributed by atoms with Gasteiger partial charge < -0.3 is 9.67 Å². The fraction of sp³-hybridized carbons (Fsp3) is 0.108. The average Bonchev–Trinajstić information content (AvgIpc) is 3.43. The monoisotopic (exact) mass is 715 g/mol. The van der Waals surface area contributed by atoms with Crippen molar-refractivity contribution >= 4 is 0 Å². The van der Waals surface area contributed by atoms with Crippen LogP contribution in [0.3, 0.4) is 0 Å². The summed E-state index contributed by atoms with van der Waals surface area (Å²) in [4.78, 5) is 5.09. The van der Waals surface area contributed by atoms with Crippen LogP contribution in [-0.4, -0.2) is 14.7 Å². The van der Waals surface area contributed by atoms with Crippen molar-refractivity contribution in [3.8, 4) is 56.3 Å². The Morgan fingerprint density at radius 2 is 1.41 bits per heavy atom. The van der Waals surface area contributed by atoms with Crippen LogP contribution in [0.15, 0.2) is 121 Å². The molecule has 0 saturated heterocycles. The molecule has 1 aromatic heterocycles. The maximum atomic E-state index is 10.9. The van der Waals surface area contributed by atoms with Crippen molar-refractivity contribution in [1.82, 2.24) is 9.55 Å². The summed E-state index contributed by atoms with van der Waals surface area (Å²) in [6.45, 7) is 6.69. The maximum Gasteiger partial charge on any atom is 0.140 e. The Morgan fingerprint density at radius 3 is 2.15 bits per heavy atom. The molecule has 1 radical (unpaired) electrons. The summed E-state index contributed by atoms with van der Waals surface area (Å²) >= 11 is 0. The Kier molecular flexibility index (Phi) is 8.14. The standard InChI is InChI=1S/C37H30N2O.Au/c1-37(2,3)30-21-22-34(32(24-30)27-15-8-5-9-16-27)39-25-33(38-36(39)31-19-10-11-20-35(31)40)29-18-12-17-28(23-29)26-13-6-4-7-14-26;/h4-13,15-22,24-25,40H,1-3H3;/q-2;. The van der Waals surface area contributed by atoms with Gasteiger partial charge in [-0.15, -0.1) is 23.8 Å². The van der Waals surface area contributed by atoms with E-state index in [0.29, 0.717) is 11.4 Å². The topological polar surface area (TPSA) is 38.0 Å². The minimum atomic E-state index is -0.00740. The molecule has 0 aliphatic heterocycles. The average molecular weight is 716 g/mol. The molecule has 0 spiro atoms. The first-order valence-electron chi connectivity index (χ1n) is 13.5. The number of hydrogen-bond acceptors (Lipinski definition) is 2. The number of benzene rings is 5. The van der Waals surface area contributed by atoms with Crippen LogP contribution in [0.2, 0.25) is 0 Å². The number of aromatic nitrogens is 2. The van der Waals surface area contributed by atoms with E-state index in [2.05, 4.69) is 79.9 Å². The normalized spacial score (nSPS) is 11.2. The van der Waals surface area contributed by atoms with Crippen LogP contribution in [0, 0.1) is 12.1 Å². The van der Waals surface area contributed by atoms with E-state index in [9.17, 15) is 5.11 Å². The molecule has 41 heavy (non-hydrogen) atoms. The van der Waals surface area contributed by atoms with Crippen molar-refractivity contribution in [1.29, 1.82) is 0 Å². The second-order valence-electron chi connectivity index (χ2n) is 10.9. The summed E-state index contributed by atoms with van der Waals surface area (Å²) in [5, 5.41) is 10.9. The third-order valence-electron chi connectivity index (χ3n) is 7.13. The summed E-state index contributed by atoms with van der Waals surface area (Å²) in [7, 11) is 0. The first-order valence-corrected chi connectivity index (χ1v) is 13.5. The van der Waals surface area contributed by atoms with Gasteiger partial charge in [0.25, 0.3) is 0 Å². The van der Waals surface area contributed by atoms with Gasteiger partial charge in [-0.05, 0) is 40.8 Å². The largest absolute Gasteiger partial charge is 0.507 e. The third kappa shape index (κ3) is 5.84. The summed E-state index contributed by atoms with van der Waals surface area (Å²) in [5.41, 5.74) is 8.70. The molecule has 0 amide bonds. The Morgan fingerprint density at radius 1 is 0.707 bits per heavy atom. The van der Waals surface area contributed by atoms with Crippen LogP contribution < -0.4 is 0 Å². The smallest absolute Gasteiger partial charge is 0.140 e. The molecule has 207 valence electrons. The van der Waals surface area contributed by atoms with E-state index >= 15 is 0 Å². The number of phenols is 1. The van der Waals surface area contributed by atoms with E-state index in [4.69, 9.17) is 4.98 Å². The minimum Gasteiger partial charge on any atom is -0.507 e. The number of para-hydroxylation sites is 1. The van der Waals surface area contributed by atoms with Gasteiger partial charge in [-0.25, -0.2) is 5.56 Å². The summed E-state index contributed by atoms with van der Waals surface area (Å²) in [6, 6.07) is 45.2. The van der Waals surface area contributed by atoms with E-state index in [-0.39, 0.29) is 33.5 Å².